The van der Waals surface area contributed by atoms with Crippen molar-refractivity contribution < 1.29 is 13.9 Å². The first-order valence-electron chi connectivity index (χ1n) is 6.98. The fraction of sp³-hybridized carbons (Fsp3) is 1.00. The zero-order valence-electron chi connectivity index (χ0n) is 13.6. The van der Waals surface area contributed by atoms with E-state index in [2.05, 4.69) is 43.9 Å². The first kappa shape index (κ1) is 17.5. The molecule has 0 radical (unpaired) electrons. The second-order valence-corrected chi connectivity index (χ2v) is 12.0. The predicted molar refractivity (Wildman–Crippen MR) is 81.0 cm³/mol. The normalized spacial score (nSPS) is 24.2. The van der Waals surface area contributed by atoms with Crippen LogP contribution >= 0.6 is 0 Å². The third-order valence-corrected chi connectivity index (χ3v) is 8.58. The minimum absolute atomic E-state index is 0.125. The number of ether oxygens (including phenoxy) is 2. The maximum Gasteiger partial charge on any atom is 0.191 e. The Bertz CT molecular complexity index is 387. The second kappa shape index (κ2) is 6.03. The molecule has 1 rings (SSSR count). The van der Waals surface area contributed by atoms with Gasteiger partial charge in [0.25, 0.3) is 0 Å². The van der Waals surface area contributed by atoms with E-state index < -0.39 is 14.1 Å². The van der Waals surface area contributed by atoms with Gasteiger partial charge in [-0.2, -0.15) is 0 Å². The van der Waals surface area contributed by atoms with Crippen molar-refractivity contribution in [2.75, 3.05) is 13.2 Å². The number of rotatable bonds is 5. The van der Waals surface area contributed by atoms with Gasteiger partial charge in [-0.25, -0.2) is 0 Å². The lowest BCUT2D eigenvalue weighted by Gasteiger charge is -2.37. The van der Waals surface area contributed by atoms with Gasteiger partial charge in [-0.15, -0.1) is 0 Å². The number of nitrogens with zero attached hydrogens (tertiary/aromatic N) is 3. The molecule has 0 aromatic carbocycles. The molecule has 2 atom stereocenters. The molecule has 0 bridgehead atoms. The van der Waals surface area contributed by atoms with Gasteiger partial charge in [-0.05, 0) is 37.5 Å². The summed E-state index contributed by atoms with van der Waals surface area (Å²) < 4.78 is 17.4. The molecule has 0 spiro atoms. The van der Waals surface area contributed by atoms with Crippen molar-refractivity contribution in [1.82, 2.24) is 0 Å². The lowest BCUT2D eigenvalue weighted by atomic mass is 10.2. The molecule has 20 heavy (non-hydrogen) atoms. The van der Waals surface area contributed by atoms with Crippen LogP contribution in [0.25, 0.3) is 10.4 Å². The lowest BCUT2D eigenvalue weighted by Crippen LogP contribution is -2.44. The van der Waals surface area contributed by atoms with Crippen LogP contribution in [0.3, 0.4) is 0 Å². The summed E-state index contributed by atoms with van der Waals surface area (Å²) in [7, 11) is -1.86. The van der Waals surface area contributed by atoms with Crippen LogP contribution in [-0.4, -0.2) is 39.5 Å². The van der Waals surface area contributed by atoms with Gasteiger partial charge in [0.15, 0.2) is 14.1 Å². The van der Waals surface area contributed by atoms with Crippen molar-refractivity contribution in [3.05, 3.63) is 10.4 Å². The Kier molecular flexibility index (Phi) is 5.27. The van der Waals surface area contributed by atoms with Crippen molar-refractivity contribution in [3.63, 3.8) is 0 Å². The summed E-state index contributed by atoms with van der Waals surface area (Å²) in [4.78, 5) is 2.92. The van der Waals surface area contributed by atoms with Crippen LogP contribution in [0.5, 0.6) is 0 Å². The molecular weight excluding hydrogens is 274 g/mol. The van der Waals surface area contributed by atoms with Crippen molar-refractivity contribution in [1.29, 1.82) is 0 Å². The maximum atomic E-state index is 8.73. The molecule has 1 fully saturated rings. The van der Waals surface area contributed by atoms with E-state index in [4.69, 9.17) is 19.4 Å². The van der Waals surface area contributed by atoms with Gasteiger partial charge in [0.05, 0.1) is 18.8 Å². The zero-order valence-corrected chi connectivity index (χ0v) is 14.6. The largest absolute Gasteiger partial charge is 0.416 e. The fourth-order valence-electron chi connectivity index (χ4n) is 1.70. The molecule has 1 aliphatic heterocycles. The first-order valence-corrected chi connectivity index (χ1v) is 9.89. The zero-order chi connectivity index (χ0) is 15.6. The Morgan fingerprint density at radius 3 is 2.45 bits per heavy atom. The summed E-state index contributed by atoms with van der Waals surface area (Å²) in [6, 6.07) is -0.351. The SMILES string of the molecule is CC1(C)OC[C@@H]([C@H](CO[Si](C)(C)C(C)(C)C)N=[N+]=[N-])O1. The molecule has 116 valence electrons. The second-order valence-electron chi connectivity index (χ2n) is 7.21. The van der Waals surface area contributed by atoms with Crippen LogP contribution in [0.2, 0.25) is 18.1 Å². The molecule has 0 saturated carbocycles. The van der Waals surface area contributed by atoms with Crippen molar-refractivity contribution in [3.8, 4) is 0 Å². The van der Waals surface area contributed by atoms with Gasteiger partial charge in [-0.3, -0.25) is 0 Å². The van der Waals surface area contributed by atoms with Crippen LogP contribution in [0.4, 0.5) is 0 Å². The van der Waals surface area contributed by atoms with E-state index in [1.54, 1.807) is 0 Å². The number of hydrogen-bond donors (Lipinski definition) is 0. The summed E-state index contributed by atoms with van der Waals surface area (Å²) in [5.74, 6) is -0.620. The summed E-state index contributed by atoms with van der Waals surface area (Å²) in [5, 5.41) is 3.95. The van der Waals surface area contributed by atoms with E-state index in [1.165, 1.54) is 0 Å². The Morgan fingerprint density at radius 2 is 2.05 bits per heavy atom. The Hall–Kier alpha value is -0.593. The highest BCUT2D eigenvalue weighted by Crippen LogP contribution is 2.37. The Balaban J connectivity index is 2.68. The van der Waals surface area contributed by atoms with Crippen molar-refractivity contribution in [2.45, 2.75) is 70.7 Å². The highest BCUT2D eigenvalue weighted by Gasteiger charge is 2.41. The van der Waals surface area contributed by atoms with Gasteiger partial charge in [0.1, 0.15) is 0 Å². The van der Waals surface area contributed by atoms with E-state index in [0.29, 0.717) is 13.2 Å². The number of azide groups is 1. The third-order valence-electron chi connectivity index (χ3n) is 4.08. The molecule has 1 aliphatic rings. The molecule has 1 heterocycles. The topological polar surface area (TPSA) is 76.5 Å². The van der Waals surface area contributed by atoms with Crippen molar-refractivity contribution in [2.24, 2.45) is 5.11 Å². The molecule has 1 saturated heterocycles. The maximum absolute atomic E-state index is 8.73. The fourth-order valence-corrected chi connectivity index (χ4v) is 2.72. The molecule has 0 aliphatic carbocycles. The van der Waals surface area contributed by atoms with E-state index in [1.807, 2.05) is 13.8 Å². The van der Waals surface area contributed by atoms with Crippen LogP contribution in [-0.2, 0) is 13.9 Å². The van der Waals surface area contributed by atoms with Crippen LogP contribution in [0, 0.1) is 0 Å². The summed E-state index contributed by atoms with van der Waals surface area (Å²) >= 11 is 0. The quantitative estimate of drug-likeness (QED) is 0.335. The Labute approximate surface area is 122 Å². The molecule has 0 unspecified atom stereocenters. The summed E-state index contributed by atoms with van der Waals surface area (Å²) in [6.07, 6.45) is -0.245. The molecule has 7 heteroatoms. The van der Waals surface area contributed by atoms with Gasteiger partial charge in [0.2, 0.25) is 0 Å². The van der Waals surface area contributed by atoms with Gasteiger partial charge >= 0.3 is 0 Å². The van der Waals surface area contributed by atoms with E-state index in [0.717, 1.165) is 0 Å². The summed E-state index contributed by atoms with van der Waals surface area (Å²) in [5.41, 5.74) is 8.73. The van der Waals surface area contributed by atoms with E-state index in [9.17, 15) is 0 Å². The molecule has 0 amide bonds. The van der Waals surface area contributed by atoms with Gasteiger partial charge in [-0.1, -0.05) is 25.9 Å². The molecule has 0 N–H and O–H groups in total. The van der Waals surface area contributed by atoms with E-state index >= 15 is 0 Å². The third kappa shape index (κ3) is 4.46. The van der Waals surface area contributed by atoms with Gasteiger partial charge in [0, 0.05) is 11.5 Å². The monoisotopic (exact) mass is 301 g/mol. The molecule has 0 aromatic rings. The number of hydrogen-bond acceptors (Lipinski definition) is 4. The lowest BCUT2D eigenvalue weighted by molar-refractivity contribution is -0.141. The molecule has 6 nitrogen and oxygen atoms in total. The Morgan fingerprint density at radius 1 is 1.45 bits per heavy atom. The first-order chi connectivity index (χ1) is 8.98. The standard InChI is InChI=1S/C13H27N3O3Si/c1-12(2,3)20(6,7)18-8-10(15-16-14)11-9-17-13(4,5)19-11/h10-11H,8-9H2,1-7H3/t10-,11-/m0/s1. The average molecular weight is 301 g/mol. The minimum atomic E-state index is -1.86. The van der Waals surface area contributed by atoms with Crippen LogP contribution in [0.1, 0.15) is 34.6 Å². The summed E-state index contributed by atoms with van der Waals surface area (Å²) in [6.45, 7) is 15.4. The highest BCUT2D eigenvalue weighted by molar-refractivity contribution is 6.74. The smallest absolute Gasteiger partial charge is 0.191 e. The molecule has 0 aromatic heterocycles. The van der Waals surface area contributed by atoms with Crippen molar-refractivity contribution >= 4 is 8.32 Å². The van der Waals surface area contributed by atoms with Crippen LogP contribution in [0.15, 0.2) is 5.11 Å². The average Bonchev–Trinajstić information content (AvgIpc) is 2.63. The van der Waals surface area contributed by atoms with Gasteiger partial charge < -0.3 is 13.9 Å². The predicted octanol–water partition coefficient (Wildman–Crippen LogP) is 3.84. The minimum Gasteiger partial charge on any atom is -0.416 e. The van der Waals surface area contributed by atoms with Crippen LogP contribution < -0.4 is 0 Å². The highest BCUT2D eigenvalue weighted by atomic mass is 28.4. The molecular formula is C13H27N3O3Si. The van der Waals surface area contributed by atoms with E-state index in [-0.39, 0.29) is 17.2 Å².